The van der Waals surface area contributed by atoms with Gasteiger partial charge < -0.3 is 15.0 Å². The Morgan fingerprint density at radius 1 is 1.39 bits per heavy atom. The van der Waals surface area contributed by atoms with Gasteiger partial charge in [-0.25, -0.2) is 0 Å². The number of hydrogen-bond donors (Lipinski definition) is 1. The van der Waals surface area contributed by atoms with Gasteiger partial charge in [0.15, 0.2) is 17.7 Å². The highest BCUT2D eigenvalue weighted by Crippen LogP contribution is 2.35. The predicted molar refractivity (Wildman–Crippen MR) is 84.1 cm³/mol. The molecule has 0 radical (unpaired) electrons. The van der Waals surface area contributed by atoms with Crippen molar-refractivity contribution in [2.24, 2.45) is 5.73 Å². The summed E-state index contributed by atoms with van der Waals surface area (Å²) in [5, 5.41) is 4.03. The van der Waals surface area contributed by atoms with Crippen molar-refractivity contribution in [1.29, 1.82) is 0 Å². The molecule has 1 aliphatic carbocycles. The second-order valence-corrected chi connectivity index (χ2v) is 6.16. The van der Waals surface area contributed by atoms with E-state index in [0.29, 0.717) is 23.0 Å². The molecule has 0 aliphatic heterocycles. The zero-order valence-electron chi connectivity index (χ0n) is 13.4. The highest BCUT2D eigenvalue weighted by Gasteiger charge is 2.36. The number of hydrogen-bond acceptors (Lipinski definition) is 6. The minimum atomic E-state index is -0.476. The van der Waals surface area contributed by atoms with Crippen molar-refractivity contribution in [2.75, 3.05) is 0 Å². The lowest BCUT2D eigenvalue weighted by Gasteiger charge is -2.18. The first-order valence-electron chi connectivity index (χ1n) is 7.88. The summed E-state index contributed by atoms with van der Waals surface area (Å²) in [7, 11) is 0. The van der Waals surface area contributed by atoms with E-state index < -0.39 is 11.6 Å². The Labute approximate surface area is 135 Å². The third-order valence-electron chi connectivity index (χ3n) is 4.28. The van der Waals surface area contributed by atoms with Crippen LogP contribution >= 0.6 is 0 Å². The van der Waals surface area contributed by atoms with Gasteiger partial charge in [0.05, 0.1) is 5.54 Å². The SMILES string of the molecule is CC(=O)c1cccc(OC(C)c2nc(C3(N)CCCC3)no2)c1. The summed E-state index contributed by atoms with van der Waals surface area (Å²) in [5.74, 6) is 1.53. The fraction of sp³-hybridized carbons (Fsp3) is 0.471. The second kappa shape index (κ2) is 6.12. The van der Waals surface area contributed by atoms with E-state index in [4.69, 9.17) is 15.0 Å². The van der Waals surface area contributed by atoms with Crippen molar-refractivity contribution in [3.05, 3.63) is 41.5 Å². The van der Waals surface area contributed by atoms with E-state index in [9.17, 15) is 4.79 Å². The maximum absolute atomic E-state index is 11.4. The van der Waals surface area contributed by atoms with E-state index in [1.165, 1.54) is 6.92 Å². The zero-order chi connectivity index (χ0) is 16.4. The lowest BCUT2D eigenvalue weighted by Crippen LogP contribution is -2.34. The van der Waals surface area contributed by atoms with Gasteiger partial charge in [0.25, 0.3) is 5.89 Å². The summed E-state index contributed by atoms with van der Waals surface area (Å²) in [4.78, 5) is 15.9. The van der Waals surface area contributed by atoms with Gasteiger partial charge in [-0.3, -0.25) is 4.79 Å². The zero-order valence-corrected chi connectivity index (χ0v) is 13.4. The molecule has 1 unspecified atom stereocenters. The number of aromatic nitrogens is 2. The van der Waals surface area contributed by atoms with Gasteiger partial charge >= 0.3 is 0 Å². The molecule has 6 nitrogen and oxygen atoms in total. The van der Waals surface area contributed by atoms with Crippen LogP contribution in [0.15, 0.2) is 28.8 Å². The minimum Gasteiger partial charge on any atom is -0.481 e. The summed E-state index contributed by atoms with van der Waals surface area (Å²) in [5.41, 5.74) is 6.46. The molecule has 2 aromatic rings. The number of carbonyl (C=O) groups is 1. The van der Waals surface area contributed by atoms with Crippen LogP contribution in [0.2, 0.25) is 0 Å². The molecular formula is C17H21N3O3. The molecule has 0 spiro atoms. The summed E-state index contributed by atoms with van der Waals surface area (Å²) in [6, 6.07) is 7.04. The first-order valence-corrected chi connectivity index (χ1v) is 7.88. The summed E-state index contributed by atoms with van der Waals surface area (Å²) >= 11 is 0. The monoisotopic (exact) mass is 315 g/mol. The van der Waals surface area contributed by atoms with E-state index in [0.717, 1.165) is 25.7 Å². The molecule has 1 aromatic carbocycles. The first kappa shape index (κ1) is 15.7. The number of rotatable bonds is 5. The van der Waals surface area contributed by atoms with Crippen LogP contribution in [0, 0.1) is 0 Å². The quantitative estimate of drug-likeness (QED) is 0.852. The highest BCUT2D eigenvalue weighted by molar-refractivity contribution is 5.94. The minimum absolute atomic E-state index is 0.00511. The Kier molecular flexibility index (Phi) is 4.17. The van der Waals surface area contributed by atoms with Crippen molar-refractivity contribution >= 4 is 5.78 Å². The van der Waals surface area contributed by atoms with Crippen LogP contribution < -0.4 is 10.5 Å². The molecule has 1 aromatic heterocycles. The van der Waals surface area contributed by atoms with Crippen LogP contribution in [0.5, 0.6) is 5.75 Å². The van der Waals surface area contributed by atoms with Crippen molar-refractivity contribution in [2.45, 2.75) is 51.2 Å². The van der Waals surface area contributed by atoms with Crippen molar-refractivity contribution in [1.82, 2.24) is 10.1 Å². The highest BCUT2D eigenvalue weighted by atomic mass is 16.5. The fourth-order valence-corrected chi connectivity index (χ4v) is 2.87. The van der Waals surface area contributed by atoms with Gasteiger partial charge in [-0.1, -0.05) is 30.1 Å². The van der Waals surface area contributed by atoms with Crippen molar-refractivity contribution in [3.8, 4) is 5.75 Å². The number of nitrogens with zero attached hydrogens (tertiary/aromatic N) is 2. The summed E-state index contributed by atoms with van der Waals surface area (Å²) in [6.45, 7) is 3.35. The Balaban J connectivity index is 1.74. The Morgan fingerprint density at radius 3 is 2.83 bits per heavy atom. The van der Waals surface area contributed by atoms with E-state index in [2.05, 4.69) is 10.1 Å². The third kappa shape index (κ3) is 3.27. The van der Waals surface area contributed by atoms with Crippen LogP contribution in [0.25, 0.3) is 0 Å². The van der Waals surface area contributed by atoms with Gasteiger partial charge in [0.2, 0.25) is 0 Å². The number of ether oxygens (including phenoxy) is 1. The molecule has 1 aliphatic rings. The van der Waals surface area contributed by atoms with E-state index in [1.807, 2.05) is 6.92 Å². The number of Topliss-reactive ketones (excluding diaryl/α,β-unsaturated/α-hetero) is 1. The van der Waals surface area contributed by atoms with Gasteiger partial charge in [-0.05, 0) is 38.8 Å². The molecule has 3 rings (SSSR count). The average Bonchev–Trinajstić information content (AvgIpc) is 3.17. The number of nitrogens with two attached hydrogens (primary N) is 1. The average molecular weight is 315 g/mol. The maximum Gasteiger partial charge on any atom is 0.267 e. The molecule has 0 saturated heterocycles. The molecule has 6 heteroatoms. The second-order valence-electron chi connectivity index (χ2n) is 6.16. The van der Waals surface area contributed by atoms with Gasteiger partial charge in [0.1, 0.15) is 5.75 Å². The maximum atomic E-state index is 11.4. The van der Waals surface area contributed by atoms with Crippen molar-refractivity contribution in [3.63, 3.8) is 0 Å². The summed E-state index contributed by atoms with van der Waals surface area (Å²) < 4.78 is 11.1. The third-order valence-corrected chi connectivity index (χ3v) is 4.28. The van der Waals surface area contributed by atoms with Crippen LogP contribution in [0.4, 0.5) is 0 Å². The molecule has 0 bridgehead atoms. The van der Waals surface area contributed by atoms with Gasteiger partial charge in [-0.15, -0.1) is 0 Å². The molecule has 1 fully saturated rings. The van der Waals surface area contributed by atoms with Crippen LogP contribution in [0.3, 0.4) is 0 Å². The van der Waals surface area contributed by atoms with E-state index in [1.54, 1.807) is 24.3 Å². The molecule has 2 N–H and O–H groups in total. The van der Waals surface area contributed by atoms with Crippen LogP contribution in [-0.4, -0.2) is 15.9 Å². The first-order chi connectivity index (χ1) is 11.0. The molecule has 23 heavy (non-hydrogen) atoms. The number of carbonyl (C=O) groups excluding carboxylic acids is 1. The summed E-state index contributed by atoms with van der Waals surface area (Å²) in [6.07, 6.45) is 3.52. The van der Waals surface area contributed by atoms with Gasteiger partial charge in [0, 0.05) is 5.56 Å². The lowest BCUT2D eigenvalue weighted by molar-refractivity contribution is 0.101. The van der Waals surface area contributed by atoms with E-state index >= 15 is 0 Å². The fourth-order valence-electron chi connectivity index (χ4n) is 2.87. The molecule has 1 saturated carbocycles. The number of benzene rings is 1. The Bertz CT molecular complexity index is 705. The normalized spacial score (nSPS) is 17.9. The molecule has 1 heterocycles. The number of ketones is 1. The molecule has 1 atom stereocenters. The largest absolute Gasteiger partial charge is 0.481 e. The predicted octanol–water partition coefficient (Wildman–Crippen LogP) is 3.14. The molecular weight excluding hydrogens is 294 g/mol. The smallest absolute Gasteiger partial charge is 0.267 e. The van der Waals surface area contributed by atoms with E-state index in [-0.39, 0.29) is 5.78 Å². The van der Waals surface area contributed by atoms with Crippen molar-refractivity contribution < 1.29 is 14.1 Å². The van der Waals surface area contributed by atoms with Crippen LogP contribution in [0.1, 0.15) is 67.7 Å². The standard InChI is InChI=1S/C17H21N3O3/c1-11(21)13-6-5-7-14(10-13)22-12(2)15-19-16(20-23-15)17(18)8-3-4-9-17/h5-7,10,12H,3-4,8-9,18H2,1-2H3. The molecule has 0 amide bonds. The van der Waals surface area contributed by atoms with Gasteiger partial charge in [-0.2, -0.15) is 4.98 Å². The molecule has 122 valence electrons. The Morgan fingerprint density at radius 2 is 2.13 bits per heavy atom. The topological polar surface area (TPSA) is 91.2 Å². The lowest BCUT2D eigenvalue weighted by atomic mass is 9.99. The Hall–Kier alpha value is -2.21. The van der Waals surface area contributed by atoms with Crippen LogP contribution in [-0.2, 0) is 5.54 Å².